The minimum Gasteiger partial charge on any atom is -0.368 e. The first-order valence-corrected chi connectivity index (χ1v) is 8.10. The van der Waals surface area contributed by atoms with Gasteiger partial charge in [0.15, 0.2) is 0 Å². The second kappa shape index (κ2) is 7.66. The van der Waals surface area contributed by atoms with Crippen molar-refractivity contribution in [2.75, 3.05) is 26.2 Å². The van der Waals surface area contributed by atoms with E-state index in [1.54, 1.807) is 17.0 Å². The number of urea groups is 1. The summed E-state index contributed by atoms with van der Waals surface area (Å²) in [5, 5.41) is 3.50. The molecule has 0 spiro atoms. The topological polar surface area (TPSA) is 78.7 Å². The molecule has 0 aliphatic carbocycles. The highest BCUT2D eigenvalue weighted by Crippen LogP contribution is 2.23. The SMILES string of the molecule is CC(C)NC(=O)N1CCN(C(C(N)=O)c2ccc(Cl)cc2)CC1. The molecule has 1 aromatic rings. The van der Waals surface area contributed by atoms with Gasteiger partial charge in [0.2, 0.25) is 5.91 Å². The molecule has 6 nitrogen and oxygen atoms in total. The molecule has 1 heterocycles. The molecule has 1 saturated heterocycles. The highest BCUT2D eigenvalue weighted by molar-refractivity contribution is 6.30. The fourth-order valence-corrected chi connectivity index (χ4v) is 2.85. The molecule has 0 aromatic heterocycles. The van der Waals surface area contributed by atoms with Crippen molar-refractivity contribution in [2.24, 2.45) is 5.73 Å². The van der Waals surface area contributed by atoms with Crippen molar-refractivity contribution in [3.05, 3.63) is 34.9 Å². The molecule has 3 N–H and O–H groups in total. The van der Waals surface area contributed by atoms with Gasteiger partial charge in [-0.1, -0.05) is 23.7 Å². The van der Waals surface area contributed by atoms with Crippen molar-refractivity contribution in [1.82, 2.24) is 15.1 Å². The molecular weight excluding hydrogens is 316 g/mol. The molecule has 1 unspecified atom stereocenters. The van der Waals surface area contributed by atoms with E-state index in [-0.39, 0.29) is 12.1 Å². The smallest absolute Gasteiger partial charge is 0.317 e. The Kier molecular flexibility index (Phi) is 5.85. The van der Waals surface area contributed by atoms with Crippen LogP contribution in [-0.2, 0) is 4.79 Å². The lowest BCUT2D eigenvalue weighted by Crippen LogP contribution is -2.54. The quantitative estimate of drug-likeness (QED) is 0.875. The van der Waals surface area contributed by atoms with E-state index in [9.17, 15) is 9.59 Å². The van der Waals surface area contributed by atoms with E-state index in [2.05, 4.69) is 5.32 Å². The summed E-state index contributed by atoms with van der Waals surface area (Å²) in [5.41, 5.74) is 6.41. The average Bonchev–Trinajstić information content (AvgIpc) is 2.49. The second-order valence-corrected chi connectivity index (χ2v) is 6.42. The predicted molar refractivity (Wildman–Crippen MR) is 90.2 cm³/mol. The van der Waals surface area contributed by atoms with Gasteiger partial charge in [0.1, 0.15) is 6.04 Å². The lowest BCUT2D eigenvalue weighted by molar-refractivity contribution is -0.124. The third-order valence-electron chi connectivity index (χ3n) is 3.83. The van der Waals surface area contributed by atoms with Crippen LogP contribution in [0, 0.1) is 0 Å². The highest BCUT2D eigenvalue weighted by atomic mass is 35.5. The number of hydrogen-bond acceptors (Lipinski definition) is 3. The molecule has 0 bridgehead atoms. The van der Waals surface area contributed by atoms with Crippen LogP contribution in [0.2, 0.25) is 5.02 Å². The zero-order valence-corrected chi connectivity index (χ0v) is 14.2. The molecule has 3 amide bonds. The summed E-state index contributed by atoms with van der Waals surface area (Å²) < 4.78 is 0. The Balaban J connectivity index is 2.02. The summed E-state index contributed by atoms with van der Waals surface area (Å²) in [4.78, 5) is 27.7. The summed E-state index contributed by atoms with van der Waals surface area (Å²) in [6.07, 6.45) is 0. The van der Waals surface area contributed by atoms with Gasteiger partial charge in [-0.15, -0.1) is 0 Å². The summed E-state index contributed by atoms with van der Waals surface area (Å²) in [6, 6.07) is 6.67. The number of halogens is 1. The van der Waals surface area contributed by atoms with Gasteiger partial charge in [-0.3, -0.25) is 9.69 Å². The number of piperazine rings is 1. The van der Waals surface area contributed by atoms with Crippen LogP contribution in [0.5, 0.6) is 0 Å². The minimum atomic E-state index is -0.498. The molecule has 1 aromatic carbocycles. The van der Waals surface area contributed by atoms with E-state index in [0.29, 0.717) is 31.2 Å². The van der Waals surface area contributed by atoms with E-state index >= 15 is 0 Å². The minimum absolute atomic E-state index is 0.0678. The Bertz CT molecular complexity index is 554. The van der Waals surface area contributed by atoms with Crippen LogP contribution in [0.1, 0.15) is 25.5 Å². The van der Waals surface area contributed by atoms with Crippen LogP contribution in [0.4, 0.5) is 4.79 Å². The van der Waals surface area contributed by atoms with Gasteiger partial charge in [-0.25, -0.2) is 4.79 Å². The number of nitrogens with zero attached hydrogens (tertiary/aromatic N) is 2. The van der Waals surface area contributed by atoms with Crippen molar-refractivity contribution >= 4 is 23.5 Å². The molecule has 1 aliphatic rings. The molecule has 1 aliphatic heterocycles. The normalized spacial score (nSPS) is 17.1. The number of amides is 3. The molecule has 0 saturated carbocycles. The Morgan fingerprint density at radius 1 is 1.13 bits per heavy atom. The van der Waals surface area contributed by atoms with Crippen molar-refractivity contribution in [3.8, 4) is 0 Å². The van der Waals surface area contributed by atoms with Gasteiger partial charge in [0.05, 0.1) is 0 Å². The summed E-state index contributed by atoms with van der Waals surface area (Å²) >= 11 is 5.90. The largest absolute Gasteiger partial charge is 0.368 e. The van der Waals surface area contributed by atoms with Crippen LogP contribution in [0.3, 0.4) is 0 Å². The number of nitrogens with two attached hydrogens (primary N) is 1. The lowest BCUT2D eigenvalue weighted by Gasteiger charge is -2.38. The molecule has 1 fully saturated rings. The number of hydrogen-bond donors (Lipinski definition) is 2. The molecule has 0 radical (unpaired) electrons. The summed E-state index contributed by atoms with van der Waals surface area (Å²) in [6.45, 7) is 6.19. The lowest BCUT2D eigenvalue weighted by atomic mass is 10.0. The third-order valence-corrected chi connectivity index (χ3v) is 4.09. The Morgan fingerprint density at radius 2 is 1.70 bits per heavy atom. The van der Waals surface area contributed by atoms with Crippen molar-refractivity contribution in [3.63, 3.8) is 0 Å². The van der Waals surface area contributed by atoms with Crippen LogP contribution in [0.25, 0.3) is 0 Å². The maximum Gasteiger partial charge on any atom is 0.317 e. The van der Waals surface area contributed by atoms with Crippen molar-refractivity contribution in [1.29, 1.82) is 0 Å². The predicted octanol–water partition coefficient (Wildman–Crippen LogP) is 1.60. The Hall–Kier alpha value is -1.79. The summed E-state index contributed by atoms with van der Waals surface area (Å²) in [7, 11) is 0. The van der Waals surface area contributed by atoms with E-state index in [0.717, 1.165) is 5.56 Å². The average molecular weight is 339 g/mol. The molecular formula is C16H23ClN4O2. The molecule has 2 rings (SSSR count). The molecule has 126 valence electrons. The van der Waals surface area contributed by atoms with Gasteiger partial charge in [0.25, 0.3) is 0 Å². The third kappa shape index (κ3) is 4.59. The first kappa shape index (κ1) is 17.6. The van der Waals surface area contributed by atoms with E-state index in [1.807, 2.05) is 30.9 Å². The fraction of sp³-hybridized carbons (Fsp3) is 0.500. The van der Waals surface area contributed by atoms with Crippen LogP contribution < -0.4 is 11.1 Å². The number of carbonyl (C=O) groups excluding carboxylic acids is 2. The molecule has 1 atom stereocenters. The van der Waals surface area contributed by atoms with Gasteiger partial charge in [0, 0.05) is 37.2 Å². The van der Waals surface area contributed by atoms with Crippen LogP contribution in [0.15, 0.2) is 24.3 Å². The number of nitrogens with one attached hydrogen (secondary N) is 1. The fourth-order valence-electron chi connectivity index (χ4n) is 2.72. The highest BCUT2D eigenvalue weighted by Gasteiger charge is 2.30. The van der Waals surface area contributed by atoms with Gasteiger partial charge < -0.3 is 16.0 Å². The Morgan fingerprint density at radius 3 is 2.17 bits per heavy atom. The van der Waals surface area contributed by atoms with E-state index in [4.69, 9.17) is 17.3 Å². The van der Waals surface area contributed by atoms with Crippen LogP contribution in [-0.4, -0.2) is 54.0 Å². The van der Waals surface area contributed by atoms with Crippen molar-refractivity contribution in [2.45, 2.75) is 25.9 Å². The van der Waals surface area contributed by atoms with Crippen LogP contribution >= 0.6 is 11.6 Å². The number of rotatable bonds is 4. The maximum atomic E-state index is 12.0. The van der Waals surface area contributed by atoms with Crippen molar-refractivity contribution < 1.29 is 9.59 Å². The van der Waals surface area contributed by atoms with Gasteiger partial charge in [-0.05, 0) is 31.5 Å². The zero-order chi connectivity index (χ0) is 17.0. The number of carbonyl (C=O) groups is 2. The second-order valence-electron chi connectivity index (χ2n) is 5.98. The van der Waals surface area contributed by atoms with Gasteiger partial charge >= 0.3 is 6.03 Å². The maximum absolute atomic E-state index is 12.0. The first-order chi connectivity index (χ1) is 10.9. The van der Waals surface area contributed by atoms with Gasteiger partial charge in [-0.2, -0.15) is 0 Å². The standard InChI is InChI=1S/C16H23ClN4O2/c1-11(2)19-16(23)21-9-7-20(8-10-21)14(15(18)22)12-3-5-13(17)6-4-12/h3-6,11,14H,7-10H2,1-2H3,(H2,18,22)(H,19,23). The zero-order valence-electron chi connectivity index (χ0n) is 13.5. The molecule has 7 heteroatoms. The Labute approximate surface area is 141 Å². The summed E-state index contributed by atoms with van der Waals surface area (Å²) in [5.74, 6) is -0.396. The number of primary amides is 1. The molecule has 23 heavy (non-hydrogen) atoms. The monoisotopic (exact) mass is 338 g/mol. The van der Waals surface area contributed by atoms with E-state index in [1.165, 1.54) is 0 Å². The number of benzene rings is 1. The van der Waals surface area contributed by atoms with E-state index < -0.39 is 11.9 Å². The first-order valence-electron chi connectivity index (χ1n) is 7.72.